The topological polar surface area (TPSA) is 34.1 Å². The molecule has 3 rings (SSSR count). The van der Waals surface area contributed by atoms with Crippen molar-refractivity contribution < 1.29 is 4.74 Å². The molecule has 0 aliphatic rings. The fraction of sp³-hybridized carbons (Fsp3) is 0.188. The standard InChI is InChI=1S/C16H16N2OS/c1-19-16-13(10-17-11-14-6-4-8-20-14)9-12-5-2-3-7-15(12)18-16/h2-9,17H,10-11H2,1H3. The van der Waals surface area contributed by atoms with Gasteiger partial charge in [-0.05, 0) is 23.6 Å². The molecule has 4 heteroatoms. The average Bonchev–Trinajstić information content (AvgIpc) is 3.00. The van der Waals surface area contributed by atoms with E-state index >= 15 is 0 Å². The molecule has 2 aromatic heterocycles. The SMILES string of the molecule is COc1nc2ccccc2cc1CNCc1cccs1. The van der Waals surface area contributed by atoms with Gasteiger partial charge < -0.3 is 10.1 Å². The number of aromatic nitrogens is 1. The number of ether oxygens (including phenoxy) is 1. The van der Waals surface area contributed by atoms with Crippen LogP contribution in [0.25, 0.3) is 10.9 Å². The second-order valence-electron chi connectivity index (χ2n) is 4.53. The van der Waals surface area contributed by atoms with E-state index in [1.54, 1.807) is 18.4 Å². The zero-order chi connectivity index (χ0) is 13.8. The normalized spacial score (nSPS) is 10.8. The number of benzene rings is 1. The molecule has 0 bridgehead atoms. The maximum Gasteiger partial charge on any atom is 0.218 e. The molecule has 0 spiro atoms. The summed E-state index contributed by atoms with van der Waals surface area (Å²) < 4.78 is 5.39. The molecule has 0 aliphatic heterocycles. The van der Waals surface area contributed by atoms with Gasteiger partial charge >= 0.3 is 0 Å². The first kappa shape index (κ1) is 13.1. The van der Waals surface area contributed by atoms with Crippen molar-refractivity contribution in [1.29, 1.82) is 0 Å². The molecule has 0 unspecified atom stereocenters. The molecule has 3 aromatic rings. The van der Waals surface area contributed by atoms with Crippen LogP contribution in [0.3, 0.4) is 0 Å². The molecule has 2 heterocycles. The molecule has 0 amide bonds. The Hall–Kier alpha value is -1.91. The Labute approximate surface area is 122 Å². The highest BCUT2D eigenvalue weighted by molar-refractivity contribution is 7.09. The summed E-state index contributed by atoms with van der Waals surface area (Å²) in [5.74, 6) is 0.697. The fourth-order valence-corrected chi connectivity index (χ4v) is 2.85. The van der Waals surface area contributed by atoms with Crippen LogP contribution in [0.4, 0.5) is 0 Å². The van der Waals surface area contributed by atoms with Crippen LogP contribution in [-0.2, 0) is 13.1 Å². The summed E-state index contributed by atoms with van der Waals surface area (Å²) in [5, 5.41) is 6.67. The number of rotatable bonds is 5. The van der Waals surface area contributed by atoms with Crippen LogP contribution in [0.2, 0.25) is 0 Å². The Morgan fingerprint density at radius 3 is 2.85 bits per heavy atom. The number of para-hydroxylation sites is 1. The maximum atomic E-state index is 5.39. The second kappa shape index (κ2) is 6.03. The smallest absolute Gasteiger partial charge is 0.218 e. The lowest BCUT2D eigenvalue weighted by Gasteiger charge is -2.10. The highest BCUT2D eigenvalue weighted by atomic mass is 32.1. The van der Waals surface area contributed by atoms with Gasteiger partial charge in [0, 0.05) is 28.9 Å². The van der Waals surface area contributed by atoms with E-state index in [1.165, 1.54) is 4.88 Å². The van der Waals surface area contributed by atoms with Gasteiger partial charge in [0.25, 0.3) is 0 Å². The van der Waals surface area contributed by atoms with E-state index in [-0.39, 0.29) is 0 Å². The minimum Gasteiger partial charge on any atom is -0.481 e. The number of fused-ring (bicyclic) bond motifs is 1. The van der Waals surface area contributed by atoms with E-state index < -0.39 is 0 Å². The molecule has 0 aliphatic carbocycles. The van der Waals surface area contributed by atoms with Crippen LogP contribution in [0, 0.1) is 0 Å². The lowest BCUT2D eigenvalue weighted by atomic mass is 10.1. The van der Waals surface area contributed by atoms with Gasteiger partial charge in [-0.1, -0.05) is 24.3 Å². The van der Waals surface area contributed by atoms with Crippen molar-refractivity contribution in [3.8, 4) is 5.88 Å². The van der Waals surface area contributed by atoms with Gasteiger partial charge in [0.15, 0.2) is 0 Å². The number of pyridine rings is 1. The maximum absolute atomic E-state index is 5.39. The Morgan fingerprint density at radius 1 is 1.15 bits per heavy atom. The molecule has 20 heavy (non-hydrogen) atoms. The number of nitrogens with zero attached hydrogens (tertiary/aromatic N) is 1. The molecule has 0 saturated heterocycles. The molecule has 3 nitrogen and oxygen atoms in total. The fourth-order valence-electron chi connectivity index (χ4n) is 2.18. The number of methoxy groups -OCH3 is 1. The van der Waals surface area contributed by atoms with E-state index in [0.717, 1.165) is 29.6 Å². The first-order chi connectivity index (χ1) is 9.86. The first-order valence-electron chi connectivity index (χ1n) is 6.52. The monoisotopic (exact) mass is 284 g/mol. The largest absolute Gasteiger partial charge is 0.481 e. The van der Waals surface area contributed by atoms with Gasteiger partial charge in [-0.2, -0.15) is 0 Å². The van der Waals surface area contributed by atoms with Crippen molar-refractivity contribution in [3.05, 3.63) is 58.3 Å². The summed E-state index contributed by atoms with van der Waals surface area (Å²) in [5.41, 5.74) is 2.05. The predicted molar refractivity (Wildman–Crippen MR) is 83.2 cm³/mol. The molecule has 0 radical (unpaired) electrons. The number of hydrogen-bond acceptors (Lipinski definition) is 4. The molecule has 1 N–H and O–H groups in total. The van der Waals surface area contributed by atoms with Crippen molar-refractivity contribution >= 4 is 22.2 Å². The van der Waals surface area contributed by atoms with Crippen molar-refractivity contribution in [1.82, 2.24) is 10.3 Å². The van der Waals surface area contributed by atoms with Gasteiger partial charge in [-0.15, -0.1) is 11.3 Å². The minimum absolute atomic E-state index is 0.697. The Morgan fingerprint density at radius 2 is 2.05 bits per heavy atom. The average molecular weight is 284 g/mol. The molecular formula is C16H16N2OS. The van der Waals surface area contributed by atoms with Crippen LogP contribution in [-0.4, -0.2) is 12.1 Å². The van der Waals surface area contributed by atoms with E-state index in [9.17, 15) is 0 Å². The van der Waals surface area contributed by atoms with Crippen LogP contribution in [0.1, 0.15) is 10.4 Å². The van der Waals surface area contributed by atoms with Crippen LogP contribution >= 0.6 is 11.3 Å². The Balaban J connectivity index is 1.78. The van der Waals surface area contributed by atoms with E-state index in [2.05, 4.69) is 39.9 Å². The molecule has 0 fully saturated rings. The zero-order valence-corrected chi connectivity index (χ0v) is 12.1. The van der Waals surface area contributed by atoms with Crippen molar-refractivity contribution in [2.45, 2.75) is 13.1 Å². The van der Waals surface area contributed by atoms with Gasteiger partial charge in [0.05, 0.1) is 12.6 Å². The van der Waals surface area contributed by atoms with Gasteiger partial charge in [-0.3, -0.25) is 0 Å². The van der Waals surface area contributed by atoms with E-state index in [4.69, 9.17) is 4.74 Å². The van der Waals surface area contributed by atoms with Gasteiger partial charge in [-0.25, -0.2) is 4.98 Å². The Kier molecular flexibility index (Phi) is 3.95. The summed E-state index contributed by atoms with van der Waals surface area (Å²) in [4.78, 5) is 5.88. The summed E-state index contributed by atoms with van der Waals surface area (Å²) in [6.07, 6.45) is 0. The van der Waals surface area contributed by atoms with Crippen LogP contribution in [0.5, 0.6) is 5.88 Å². The number of nitrogens with one attached hydrogen (secondary N) is 1. The lowest BCUT2D eigenvalue weighted by Crippen LogP contribution is -2.13. The molecule has 102 valence electrons. The summed E-state index contributed by atoms with van der Waals surface area (Å²) in [6, 6.07) is 14.4. The molecular weight excluding hydrogens is 268 g/mol. The van der Waals surface area contributed by atoms with Crippen LogP contribution < -0.4 is 10.1 Å². The van der Waals surface area contributed by atoms with Gasteiger partial charge in [0.2, 0.25) is 5.88 Å². The molecule has 0 saturated carbocycles. The third-order valence-corrected chi connectivity index (χ3v) is 4.03. The third kappa shape index (κ3) is 2.81. The van der Waals surface area contributed by atoms with E-state index in [0.29, 0.717) is 5.88 Å². The zero-order valence-electron chi connectivity index (χ0n) is 11.3. The van der Waals surface area contributed by atoms with Crippen molar-refractivity contribution in [2.24, 2.45) is 0 Å². The first-order valence-corrected chi connectivity index (χ1v) is 7.40. The summed E-state index contributed by atoms with van der Waals surface area (Å²) in [7, 11) is 1.67. The number of thiophene rings is 1. The van der Waals surface area contributed by atoms with E-state index in [1.807, 2.05) is 18.2 Å². The summed E-state index contributed by atoms with van der Waals surface area (Å²) in [6.45, 7) is 1.62. The molecule has 0 atom stereocenters. The highest BCUT2D eigenvalue weighted by Crippen LogP contribution is 2.22. The third-order valence-electron chi connectivity index (χ3n) is 3.15. The molecule has 1 aromatic carbocycles. The summed E-state index contributed by atoms with van der Waals surface area (Å²) >= 11 is 1.76. The predicted octanol–water partition coefficient (Wildman–Crippen LogP) is 3.59. The number of hydrogen-bond donors (Lipinski definition) is 1. The lowest BCUT2D eigenvalue weighted by molar-refractivity contribution is 0.392. The minimum atomic E-state index is 0.697. The van der Waals surface area contributed by atoms with Crippen molar-refractivity contribution in [3.63, 3.8) is 0 Å². The van der Waals surface area contributed by atoms with Crippen molar-refractivity contribution in [2.75, 3.05) is 7.11 Å². The highest BCUT2D eigenvalue weighted by Gasteiger charge is 2.07. The Bertz CT molecular complexity index is 695. The van der Waals surface area contributed by atoms with Gasteiger partial charge in [0.1, 0.15) is 0 Å². The quantitative estimate of drug-likeness (QED) is 0.777. The van der Waals surface area contributed by atoms with Crippen LogP contribution in [0.15, 0.2) is 47.8 Å². The second-order valence-corrected chi connectivity index (χ2v) is 5.56.